The van der Waals surface area contributed by atoms with Gasteiger partial charge in [0.25, 0.3) is 11.8 Å². The lowest BCUT2D eigenvalue weighted by molar-refractivity contribution is -0.137. The van der Waals surface area contributed by atoms with Crippen molar-refractivity contribution in [2.75, 3.05) is 0 Å². The van der Waals surface area contributed by atoms with Crippen molar-refractivity contribution >= 4 is 5.91 Å². The second-order valence-electron chi connectivity index (χ2n) is 6.82. The summed E-state index contributed by atoms with van der Waals surface area (Å²) in [5.74, 6) is 1.04. The van der Waals surface area contributed by atoms with Gasteiger partial charge in [-0.1, -0.05) is 24.2 Å². The number of hydrogen-bond donors (Lipinski definition) is 1. The maximum Gasteiger partial charge on any atom is 0.416 e. The molecule has 0 bridgehead atoms. The number of benzene rings is 1. The summed E-state index contributed by atoms with van der Waals surface area (Å²) in [5, 5.41) is 6.48. The molecule has 3 aromatic heterocycles. The standard InChI is InChI=1S/C21H17F3N6O2/c1-2-17-28-20(32-29-17)14-5-8-18(25-10-14)30-11-16(27-12-30)19(31)26-9-13-3-6-15(7-4-13)21(22,23)24/h3-8,10-12H,2,9H2,1H3,(H,26,31). The van der Waals surface area contributed by atoms with Crippen LogP contribution in [0.25, 0.3) is 17.3 Å². The lowest BCUT2D eigenvalue weighted by atomic mass is 10.1. The average molecular weight is 442 g/mol. The number of hydrogen-bond acceptors (Lipinski definition) is 6. The molecule has 0 aliphatic rings. The molecule has 0 spiro atoms. The fourth-order valence-electron chi connectivity index (χ4n) is 2.83. The van der Waals surface area contributed by atoms with Crippen LogP contribution in [0, 0.1) is 0 Å². The second kappa shape index (κ2) is 8.61. The van der Waals surface area contributed by atoms with Crippen LogP contribution in [0.1, 0.15) is 34.4 Å². The molecule has 8 nitrogen and oxygen atoms in total. The number of amides is 1. The van der Waals surface area contributed by atoms with E-state index in [1.807, 2.05) is 6.92 Å². The molecule has 3 heterocycles. The van der Waals surface area contributed by atoms with Gasteiger partial charge in [0.15, 0.2) is 5.82 Å². The Balaban J connectivity index is 1.39. The average Bonchev–Trinajstić information content (AvgIpc) is 3.47. The van der Waals surface area contributed by atoms with Gasteiger partial charge in [0.2, 0.25) is 0 Å². The van der Waals surface area contributed by atoms with Crippen LogP contribution in [0.2, 0.25) is 0 Å². The Morgan fingerprint density at radius 1 is 1.12 bits per heavy atom. The van der Waals surface area contributed by atoms with Gasteiger partial charge >= 0.3 is 6.18 Å². The van der Waals surface area contributed by atoms with Gasteiger partial charge in [0.05, 0.1) is 11.1 Å². The SMILES string of the molecule is CCc1noc(-c2ccc(-n3cnc(C(=O)NCc4ccc(C(F)(F)F)cc4)c3)nc2)n1. The van der Waals surface area contributed by atoms with E-state index in [9.17, 15) is 18.0 Å². The monoisotopic (exact) mass is 442 g/mol. The van der Waals surface area contributed by atoms with Gasteiger partial charge in [-0.25, -0.2) is 9.97 Å². The number of halogens is 3. The van der Waals surface area contributed by atoms with Crippen molar-refractivity contribution in [3.8, 4) is 17.3 Å². The maximum atomic E-state index is 12.6. The van der Waals surface area contributed by atoms with E-state index in [2.05, 4.69) is 25.4 Å². The van der Waals surface area contributed by atoms with Gasteiger partial charge in [-0.05, 0) is 29.8 Å². The molecule has 0 atom stereocenters. The summed E-state index contributed by atoms with van der Waals surface area (Å²) in [7, 11) is 0. The molecule has 0 aliphatic carbocycles. The van der Waals surface area contributed by atoms with Crippen molar-refractivity contribution in [3.63, 3.8) is 0 Å². The predicted octanol–water partition coefficient (Wildman–Crippen LogP) is 3.83. The zero-order valence-electron chi connectivity index (χ0n) is 16.8. The van der Waals surface area contributed by atoms with E-state index in [4.69, 9.17) is 4.52 Å². The predicted molar refractivity (Wildman–Crippen MR) is 107 cm³/mol. The second-order valence-corrected chi connectivity index (χ2v) is 6.82. The van der Waals surface area contributed by atoms with Crippen LogP contribution in [0.3, 0.4) is 0 Å². The third-order valence-corrected chi connectivity index (χ3v) is 4.59. The minimum atomic E-state index is -4.40. The summed E-state index contributed by atoms with van der Waals surface area (Å²) >= 11 is 0. The number of nitrogens with zero attached hydrogens (tertiary/aromatic N) is 5. The van der Waals surface area contributed by atoms with E-state index in [1.165, 1.54) is 24.7 Å². The van der Waals surface area contributed by atoms with E-state index in [0.717, 1.165) is 12.1 Å². The molecule has 0 aliphatic heterocycles. The Morgan fingerprint density at radius 3 is 2.53 bits per heavy atom. The van der Waals surface area contributed by atoms with Crippen LogP contribution in [-0.2, 0) is 19.1 Å². The molecular formula is C21H17F3N6O2. The minimum absolute atomic E-state index is 0.0701. The number of aromatic nitrogens is 5. The van der Waals surface area contributed by atoms with Crippen molar-refractivity contribution < 1.29 is 22.5 Å². The number of carbonyl (C=O) groups is 1. The molecule has 1 aromatic carbocycles. The van der Waals surface area contributed by atoms with Crippen molar-refractivity contribution in [2.45, 2.75) is 26.1 Å². The van der Waals surface area contributed by atoms with Crippen LogP contribution in [0.4, 0.5) is 13.2 Å². The van der Waals surface area contributed by atoms with Gasteiger partial charge in [-0.2, -0.15) is 18.2 Å². The van der Waals surface area contributed by atoms with Crippen molar-refractivity contribution in [2.24, 2.45) is 0 Å². The number of rotatable bonds is 6. The Morgan fingerprint density at radius 2 is 1.91 bits per heavy atom. The summed E-state index contributed by atoms with van der Waals surface area (Å²) in [6.07, 6.45) is 0.786. The largest absolute Gasteiger partial charge is 0.416 e. The van der Waals surface area contributed by atoms with E-state index in [-0.39, 0.29) is 12.2 Å². The highest BCUT2D eigenvalue weighted by atomic mass is 19.4. The number of alkyl halides is 3. The molecule has 32 heavy (non-hydrogen) atoms. The molecule has 1 amide bonds. The Hall–Kier alpha value is -4.02. The molecule has 0 saturated heterocycles. The highest BCUT2D eigenvalue weighted by Gasteiger charge is 2.29. The Labute approximate surface area is 180 Å². The van der Waals surface area contributed by atoms with E-state index >= 15 is 0 Å². The fourth-order valence-corrected chi connectivity index (χ4v) is 2.83. The smallest absolute Gasteiger partial charge is 0.347 e. The summed E-state index contributed by atoms with van der Waals surface area (Å²) < 4.78 is 44.6. The van der Waals surface area contributed by atoms with Gasteiger partial charge in [-0.3, -0.25) is 9.36 Å². The molecule has 4 aromatic rings. The van der Waals surface area contributed by atoms with Gasteiger partial charge in [0.1, 0.15) is 17.8 Å². The zero-order chi connectivity index (χ0) is 22.7. The van der Waals surface area contributed by atoms with Gasteiger partial charge in [0, 0.05) is 25.4 Å². The molecule has 0 radical (unpaired) electrons. The van der Waals surface area contributed by atoms with Crippen LogP contribution in [-0.4, -0.2) is 30.6 Å². The number of aryl methyl sites for hydroxylation is 1. The lowest BCUT2D eigenvalue weighted by Crippen LogP contribution is -2.23. The van der Waals surface area contributed by atoms with Gasteiger partial charge in [-0.15, -0.1) is 0 Å². The molecule has 11 heteroatoms. The van der Waals surface area contributed by atoms with E-state index in [1.54, 1.807) is 22.9 Å². The molecular weight excluding hydrogens is 425 g/mol. The minimum Gasteiger partial charge on any atom is -0.347 e. The first-order chi connectivity index (χ1) is 15.3. The van der Waals surface area contributed by atoms with Crippen LogP contribution >= 0.6 is 0 Å². The van der Waals surface area contributed by atoms with Crippen LogP contribution in [0.15, 0.2) is 59.6 Å². The summed E-state index contributed by atoms with van der Waals surface area (Å²) in [6, 6.07) is 8.07. The zero-order valence-corrected chi connectivity index (χ0v) is 16.8. The lowest BCUT2D eigenvalue weighted by Gasteiger charge is -2.08. The van der Waals surface area contributed by atoms with Gasteiger partial charge < -0.3 is 9.84 Å². The summed E-state index contributed by atoms with van der Waals surface area (Å²) in [6.45, 7) is 1.99. The number of pyridine rings is 1. The first-order valence-corrected chi connectivity index (χ1v) is 9.61. The molecule has 1 N–H and O–H groups in total. The van der Waals surface area contributed by atoms with E-state index in [0.29, 0.717) is 35.1 Å². The van der Waals surface area contributed by atoms with Crippen molar-refractivity contribution in [1.29, 1.82) is 0 Å². The number of carbonyl (C=O) groups excluding carboxylic acids is 1. The van der Waals surface area contributed by atoms with Crippen molar-refractivity contribution in [1.82, 2.24) is 30.0 Å². The molecule has 4 rings (SSSR count). The first-order valence-electron chi connectivity index (χ1n) is 9.61. The maximum absolute atomic E-state index is 12.6. The normalized spacial score (nSPS) is 11.5. The fraction of sp³-hybridized carbons (Fsp3) is 0.190. The summed E-state index contributed by atoms with van der Waals surface area (Å²) in [4.78, 5) is 25.0. The third kappa shape index (κ3) is 4.66. The van der Waals surface area contributed by atoms with Crippen molar-refractivity contribution in [3.05, 3.63) is 77.8 Å². The number of imidazole rings is 1. The highest BCUT2D eigenvalue weighted by Crippen LogP contribution is 2.29. The Bertz CT molecular complexity index is 1210. The highest BCUT2D eigenvalue weighted by molar-refractivity contribution is 5.92. The molecule has 0 saturated carbocycles. The number of nitrogens with one attached hydrogen (secondary N) is 1. The van der Waals surface area contributed by atoms with Crippen LogP contribution in [0.5, 0.6) is 0 Å². The molecule has 0 fully saturated rings. The molecule has 164 valence electrons. The quantitative estimate of drug-likeness (QED) is 0.487. The van der Waals surface area contributed by atoms with Crippen LogP contribution < -0.4 is 5.32 Å². The topological polar surface area (TPSA) is 98.7 Å². The third-order valence-electron chi connectivity index (χ3n) is 4.59. The summed E-state index contributed by atoms with van der Waals surface area (Å²) in [5.41, 5.74) is 0.605. The first kappa shape index (κ1) is 21.2. The molecule has 0 unspecified atom stereocenters. The Kier molecular flexibility index (Phi) is 5.71. The van der Waals surface area contributed by atoms with E-state index < -0.39 is 17.6 Å².